The molecule has 4 N–H and O–H groups in total. The van der Waals surface area contributed by atoms with Crippen LogP contribution in [0.5, 0.6) is 0 Å². The van der Waals surface area contributed by atoms with Crippen LogP contribution in [0.25, 0.3) is 22.3 Å². The van der Waals surface area contributed by atoms with E-state index >= 15 is 0 Å². The number of nitriles is 1. The molecule has 11 heteroatoms. The van der Waals surface area contributed by atoms with Crippen LogP contribution >= 0.6 is 0 Å². The van der Waals surface area contributed by atoms with E-state index in [-0.39, 0.29) is 35.0 Å². The van der Waals surface area contributed by atoms with E-state index in [0.717, 1.165) is 31.2 Å². The molecule has 3 aromatic rings. The second-order valence-corrected chi connectivity index (χ2v) is 11.3. The molecule has 202 valence electrons. The van der Waals surface area contributed by atoms with E-state index in [4.69, 9.17) is 10.8 Å². The molecule has 1 aliphatic heterocycles. The molecule has 0 bridgehead atoms. The van der Waals surface area contributed by atoms with Gasteiger partial charge in [-0.3, -0.25) is 4.79 Å². The number of nitrogens with zero attached hydrogens (tertiary/aromatic N) is 6. The summed E-state index contributed by atoms with van der Waals surface area (Å²) in [6.45, 7) is 6.86. The second-order valence-electron chi connectivity index (χ2n) is 11.3. The van der Waals surface area contributed by atoms with Crippen LogP contribution in [0.4, 0.5) is 16.3 Å². The number of hydrogen-bond acceptors (Lipinski definition) is 7. The van der Waals surface area contributed by atoms with Gasteiger partial charge >= 0.3 is 6.03 Å². The van der Waals surface area contributed by atoms with Crippen molar-refractivity contribution >= 4 is 34.5 Å². The number of fused-ring (bicyclic) bond motifs is 1. The summed E-state index contributed by atoms with van der Waals surface area (Å²) in [4.78, 5) is 35.7. The topological polar surface area (TPSA) is 155 Å². The van der Waals surface area contributed by atoms with Gasteiger partial charge in [0.2, 0.25) is 0 Å². The lowest BCUT2D eigenvalue weighted by atomic mass is 9.93. The first kappa shape index (κ1) is 26.2. The maximum atomic E-state index is 13.2. The molecule has 5 rings (SSSR count). The van der Waals surface area contributed by atoms with Crippen LogP contribution in [0.2, 0.25) is 0 Å². The first-order valence-electron chi connectivity index (χ1n) is 13.2. The smallest absolute Gasteiger partial charge is 0.319 e. The second kappa shape index (κ2) is 10.4. The third-order valence-electron chi connectivity index (χ3n) is 6.80. The van der Waals surface area contributed by atoms with E-state index in [1.54, 1.807) is 11.0 Å². The summed E-state index contributed by atoms with van der Waals surface area (Å²) < 4.78 is 1.83. The molecule has 3 amide bonds. The van der Waals surface area contributed by atoms with E-state index in [1.165, 1.54) is 6.33 Å². The number of rotatable bonds is 5. The standard InChI is InChI=1S/C28H33N9O2/c1-28(2,3)13-18(14-29)26(38)36-12-4-5-21(15-36)37-25-22(24(30)31-16-32-25)23(35-37)17-6-8-19(9-7-17)33-27(39)34-20-10-11-20/h6-9,13,16,20-21H,4-5,10-12,15H2,1-3H3,(H2,30,31,32)(H2,33,34,39)/b18-13+/t21-/m1/s1. The number of allylic oxidation sites excluding steroid dienone is 1. The Morgan fingerprint density at radius 2 is 1.90 bits per heavy atom. The van der Waals surface area contributed by atoms with Crippen LogP contribution in [0.3, 0.4) is 0 Å². The van der Waals surface area contributed by atoms with Crippen LogP contribution in [-0.4, -0.2) is 55.7 Å². The Morgan fingerprint density at radius 3 is 2.56 bits per heavy atom. The Labute approximate surface area is 227 Å². The molecule has 39 heavy (non-hydrogen) atoms. The molecule has 2 aliphatic rings. The number of amides is 3. The van der Waals surface area contributed by atoms with Crippen LogP contribution in [0, 0.1) is 16.7 Å². The van der Waals surface area contributed by atoms with Crippen molar-refractivity contribution in [3.8, 4) is 17.3 Å². The number of carbonyl (C=O) groups excluding carboxylic acids is 2. The highest BCUT2D eigenvalue weighted by molar-refractivity contribution is 5.99. The molecular weight excluding hydrogens is 494 g/mol. The number of nitrogen functional groups attached to an aromatic ring is 1. The van der Waals surface area contributed by atoms with Crippen molar-refractivity contribution in [2.45, 2.75) is 58.5 Å². The normalized spacial score (nSPS) is 18.1. The number of nitrogens with one attached hydrogen (secondary N) is 2. The number of piperidine rings is 1. The van der Waals surface area contributed by atoms with Gasteiger partial charge in [-0.15, -0.1) is 0 Å². The van der Waals surface area contributed by atoms with Gasteiger partial charge in [0, 0.05) is 30.4 Å². The molecule has 0 unspecified atom stereocenters. The minimum Gasteiger partial charge on any atom is -0.383 e. The lowest BCUT2D eigenvalue weighted by Gasteiger charge is -2.33. The van der Waals surface area contributed by atoms with Crippen LogP contribution in [-0.2, 0) is 4.79 Å². The Balaban J connectivity index is 1.42. The zero-order valence-electron chi connectivity index (χ0n) is 22.4. The van der Waals surface area contributed by atoms with E-state index in [0.29, 0.717) is 41.3 Å². The average Bonchev–Trinajstić information content (AvgIpc) is 3.63. The van der Waals surface area contributed by atoms with E-state index in [9.17, 15) is 14.9 Å². The molecule has 1 saturated carbocycles. The van der Waals surface area contributed by atoms with Crippen molar-refractivity contribution in [2.75, 3.05) is 24.1 Å². The number of carbonyl (C=O) groups is 2. The average molecular weight is 528 g/mol. The number of nitrogens with two attached hydrogens (primary N) is 1. The summed E-state index contributed by atoms with van der Waals surface area (Å²) in [5, 5.41) is 21.0. The maximum absolute atomic E-state index is 13.2. The lowest BCUT2D eigenvalue weighted by molar-refractivity contribution is -0.128. The van der Waals surface area contributed by atoms with Gasteiger partial charge in [0.1, 0.15) is 29.5 Å². The van der Waals surface area contributed by atoms with Crippen molar-refractivity contribution < 1.29 is 9.59 Å². The Hall–Kier alpha value is -4.46. The highest BCUT2D eigenvalue weighted by atomic mass is 16.2. The van der Waals surface area contributed by atoms with Gasteiger partial charge in [0.15, 0.2) is 5.65 Å². The molecule has 0 radical (unpaired) electrons. The molecule has 2 aromatic heterocycles. The van der Waals surface area contributed by atoms with Gasteiger partial charge in [-0.2, -0.15) is 10.4 Å². The fourth-order valence-corrected chi connectivity index (χ4v) is 4.83. The van der Waals surface area contributed by atoms with E-state index < -0.39 is 0 Å². The lowest BCUT2D eigenvalue weighted by Crippen LogP contribution is -2.41. The van der Waals surface area contributed by atoms with Crippen molar-refractivity contribution in [3.05, 3.63) is 42.2 Å². The van der Waals surface area contributed by atoms with Gasteiger partial charge < -0.3 is 21.3 Å². The van der Waals surface area contributed by atoms with Crippen molar-refractivity contribution in [3.63, 3.8) is 0 Å². The molecule has 1 aliphatic carbocycles. The van der Waals surface area contributed by atoms with Gasteiger partial charge in [0.25, 0.3) is 5.91 Å². The third-order valence-corrected chi connectivity index (χ3v) is 6.80. The molecule has 2 fully saturated rings. The highest BCUT2D eigenvalue weighted by Crippen LogP contribution is 2.34. The monoisotopic (exact) mass is 527 g/mol. The van der Waals surface area contributed by atoms with Gasteiger partial charge in [-0.25, -0.2) is 19.4 Å². The van der Waals surface area contributed by atoms with Crippen LogP contribution in [0.15, 0.2) is 42.2 Å². The number of likely N-dealkylation sites (tertiary alicyclic amines) is 1. The van der Waals surface area contributed by atoms with Gasteiger partial charge in [-0.05, 0) is 43.2 Å². The van der Waals surface area contributed by atoms with Gasteiger partial charge in [-0.1, -0.05) is 39.0 Å². The minimum atomic E-state index is -0.288. The fraction of sp³-hybridized carbons (Fsp3) is 0.429. The molecule has 1 atom stereocenters. The molecular formula is C28H33N9O2. The predicted molar refractivity (Wildman–Crippen MR) is 148 cm³/mol. The molecule has 0 spiro atoms. The first-order valence-corrected chi connectivity index (χ1v) is 13.2. The largest absolute Gasteiger partial charge is 0.383 e. The minimum absolute atomic E-state index is 0.144. The van der Waals surface area contributed by atoms with Crippen molar-refractivity contribution in [1.82, 2.24) is 30.0 Å². The third kappa shape index (κ3) is 5.85. The maximum Gasteiger partial charge on any atom is 0.319 e. The Kier molecular flexibility index (Phi) is 6.95. The van der Waals surface area contributed by atoms with Gasteiger partial charge in [0.05, 0.1) is 11.4 Å². The predicted octanol–water partition coefficient (Wildman–Crippen LogP) is 4.02. The number of hydrogen-bond donors (Lipinski definition) is 3. The summed E-state index contributed by atoms with van der Waals surface area (Å²) >= 11 is 0. The summed E-state index contributed by atoms with van der Waals surface area (Å²) in [6.07, 6.45) is 6.75. The van der Waals surface area contributed by atoms with E-state index in [2.05, 4.69) is 26.7 Å². The zero-order chi connectivity index (χ0) is 27.7. The number of benzene rings is 1. The van der Waals surface area contributed by atoms with Crippen molar-refractivity contribution in [2.24, 2.45) is 5.41 Å². The number of urea groups is 1. The van der Waals surface area contributed by atoms with E-state index in [1.807, 2.05) is 49.7 Å². The summed E-state index contributed by atoms with van der Waals surface area (Å²) in [7, 11) is 0. The van der Waals surface area contributed by atoms with Crippen LogP contribution < -0.4 is 16.4 Å². The molecule has 1 aromatic carbocycles. The highest BCUT2D eigenvalue weighted by Gasteiger charge is 2.30. The number of aromatic nitrogens is 4. The summed E-state index contributed by atoms with van der Waals surface area (Å²) in [5.74, 6) is 0.0487. The number of anilines is 2. The Morgan fingerprint density at radius 1 is 1.15 bits per heavy atom. The molecule has 3 heterocycles. The summed E-state index contributed by atoms with van der Waals surface area (Å²) in [5.41, 5.74) is 8.86. The van der Waals surface area contributed by atoms with Crippen LogP contribution in [0.1, 0.15) is 52.5 Å². The first-order chi connectivity index (χ1) is 18.6. The molecule has 11 nitrogen and oxygen atoms in total. The zero-order valence-corrected chi connectivity index (χ0v) is 22.4. The SMILES string of the molecule is CC(C)(C)/C=C(\C#N)C(=O)N1CCC[C@@H](n2nc(-c3ccc(NC(=O)NC4CC4)cc3)c3c(N)ncnc32)C1. The van der Waals surface area contributed by atoms with Crippen molar-refractivity contribution in [1.29, 1.82) is 5.26 Å². The molecule has 1 saturated heterocycles. The fourth-order valence-electron chi connectivity index (χ4n) is 4.83. The Bertz CT molecular complexity index is 1470. The summed E-state index contributed by atoms with van der Waals surface area (Å²) in [6, 6.07) is 9.38. The quantitative estimate of drug-likeness (QED) is 0.334.